The lowest BCUT2D eigenvalue weighted by Gasteiger charge is -2.44. The van der Waals surface area contributed by atoms with Crippen LogP contribution in [0.15, 0.2) is 30.7 Å². The molecule has 1 saturated carbocycles. The molecule has 1 aliphatic heterocycles. The SMILES string of the molecule is CC(C)(C)[S@@](=O)N[C@@H]1CCCC12CCN(c1ncc(-c3cccc(Cl)c3Cl)c3nncn13)CC2. The topological polar surface area (TPSA) is 75.4 Å². The first-order valence-electron chi connectivity index (χ1n) is 11.8. The first-order chi connectivity index (χ1) is 16.2. The molecule has 2 aliphatic rings. The Labute approximate surface area is 212 Å². The van der Waals surface area contributed by atoms with E-state index in [0.29, 0.717) is 21.7 Å². The van der Waals surface area contributed by atoms with Gasteiger partial charge in [0.1, 0.15) is 6.33 Å². The van der Waals surface area contributed by atoms with Crippen molar-refractivity contribution in [2.24, 2.45) is 5.41 Å². The number of anilines is 1. The summed E-state index contributed by atoms with van der Waals surface area (Å²) >= 11 is 12.7. The van der Waals surface area contributed by atoms with Crippen LogP contribution in [0.2, 0.25) is 10.0 Å². The van der Waals surface area contributed by atoms with Gasteiger partial charge in [-0.15, -0.1) is 10.2 Å². The van der Waals surface area contributed by atoms with Gasteiger partial charge >= 0.3 is 0 Å². The standard InChI is InChI=1S/C24H30Cl2N6OS/c1-23(2,3)34(33)30-19-8-5-9-24(19)10-12-31(13-11-24)22-27-14-17(21-29-28-15-32(21)22)16-6-4-7-18(25)20(16)26/h4,6-7,14-15,19,30H,5,8-13H2,1-3H3/t19-,34-/m1/s1. The van der Waals surface area contributed by atoms with Crippen molar-refractivity contribution >= 4 is 45.8 Å². The first-order valence-corrected chi connectivity index (χ1v) is 13.7. The van der Waals surface area contributed by atoms with E-state index in [1.165, 1.54) is 12.8 Å². The van der Waals surface area contributed by atoms with Crippen molar-refractivity contribution in [3.05, 3.63) is 40.8 Å². The lowest BCUT2D eigenvalue weighted by molar-refractivity contribution is 0.187. The van der Waals surface area contributed by atoms with Crippen LogP contribution in [-0.4, -0.2) is 47.7 Å². The van der Waals surface area contributed by atoms with E-state index >= 15 is 0 Å². The van der Waals surface area contributed by atoms with E-state index in [4.69, 9.17) is 28.2 Å². The lowest BCUT2D eigenvalue weighted by atomic mass is 9.74. The molecule has 0 bridgehead atoms. The van der Waals surface area contributed by atoms with Crippen molar-refractivity contribution in [2.45, 2.75) is 63.7 Å². The number of aromatic nitrogens is 4. The highest BCUT2D eigenvalue weighted by molar-refractivity contribution is 7.84. The maximum absolute atomic E-state index is 12.8. The molecule has 1 aliphatic carbocycles. The van der Waals surface area contributed by atoms with Crippen molar-refractivity contribution in [3.63, 3.8) is 0 Å². The molecule has 2 atom stereocenters. The fraction of sp³-hybridized carbons (Fsp3) is 0.542. The number of fused-ring (bicyclic) bond motifs is 1. The molecule has 5 rings (SSSR count). The number of hydrogen-bond acceptors (Lipinski definition) is 5. The molecule has 0 amide bonds. The maximum Gasteiger partial charge on any atom is 0.212 e. The number of piperidine rings is 1. The van der Waals surface area contributed by atoms with Gasteiger partial charge in [0.2, 0.25) is 5.95 Å². The van der Waals surface area contributed by atoms with Gasteiger partial charge in [0, 0.05) is 36.5 Å². The quantitative estimate of drug-likeness (QED) is 0.505. The van der Waals surface area contributed by atoms with Crippen molar-refractivity contribution in [1.82, 2.24) is 24.3 Å². The lowest BCUT2D eigenvalue weighted by Crippen LogP contribution is -2.51. The van der Waals surface area contributed by atoms with Gasteiger partial charge in [-0.25, -0.2) is 13.9 Å². The molecule has 182 valence electrons. The number of hydrogen-bond donors (Lipinski definition) is 1. The van der Waals surface area contributed by atoms with Gasteiger partial charge in [-0.1, -0.05) is 41.8 Å². The van der Waals surface area contributed by atoms with Gasteiger partial charge in [-0.2, -0.15) is 0 Å². The molecular weight excluding hydrogens is 491 g/mol. The summed E-state index contributed by atoms with van der Waals surface area (Å²) in [7, 11) is -1.05. The third-order valence-corrected chi connectivity index (χ3v) is 9.74. The summed E-state index contributed by atoms with van der Waals surface area (Å²) in [5.74, 6) is 0.831. The Balaban J connectivity index is 1.38. The predicted molar refractivity (Wildman–Crippen MR) is 139 cm³/mol. The third kappa shape index (κ3) is 4.23. The average Bonchev–Trinajstić information content (AvgIpc) is 3.43. The van der Waals surface area contributed by atoms with E-state index in [-0.39, 0.29) is 10.2 Å². The minimum absolute atomic E-state index is 0.192. The summed E-state index contributed by atoms with van der Waals surface area (Å²) < 4.78 is 17.9. The van der Waals surface area contributed by atoms with Gasteiger partial charge in [0.25, 0.3) is 0 Å². The Morgan fingerprint density at radius 1 is 1.15 bits per heavy atom. The summed E-state index contributed by atoms with van der Waals surface area (Å²) in [6.07, 6.45) is 9.05. The molecule has 0 radical (unpaired) electrons. The molecule has 3 heterocycles. The molecule has 0 unspecified atom stereocenters. The molecule has 10 heteroatoms. The van der Waals surface area contributed by atoms with Crippen LogP contribution in [0.25, 0.3) is 16.8 Å². The Morgan fingerprint density at radius 2 is 1.91 bits per heavy atom. The van der Waals surface area contributed by atoms with Crippen LogP contribution in [0.3, 0.4) is 0 Å². The summed E-state index contributed by atoms with van der Waals surface area (Å²) in [4.78, 5) is 7.11. The maximum atomic E-state index is 12.8. The number of benzene rings is 1. The smallest absolute Gasteiger partial charge is 0.212 e. The fourth-order valence-electron chi connectivity index (χ4n) is 5.32. The van der Waals surface area contributed by atoms with Crippen LogP contribution >= 0.6 is 23.2 Å². The fourth-order valence-corrected chi connectivity index (χ4v) is 6.70. The first kappa shape index (κ1) is 24.0. The van der Waals surface area contributed by atoms with Gasteiger partial charge < -0.3 is 4.90 Å². The number of rotatable bonds is 4. The molecule has 7 nitrogen and oxygen atoms in total. The van der Waals surface area contributed by atoms with Crippen molar-refractivity contribution in [2.75, 3.05) is 18.0 Å². The Hall–Kier alpha value is -1.74. The van der Waals surface area contributed by atoms with E-state index in [1.54, 1.807) is 12.4 Å². The van der Waals surface area contributed by atoms with Crippen molar-refractivity contribution < 1.29 is 4.21 Å². The number of nitrogens with one attached hydrogen (secondary N) is 1. The summed E-state index contributed by atoms with van der Waals surface area (Å²) in [5.41, 5.74) is 2.48. The molecule has 2 fully saturated rings. The second-order valence-corrected chi connectivity index (χ2v) is 13.2. The Morgan fingerprint density at radius 3 is 2.65 bits per heavy atom. The largest absolute Gasteiger partial charge is 0.342 e. The molecular formula is C24H30Cl2N6OS. The zero-order valence-electron chi connectivity index (χ0n) is 19.7. The van der Waals surface area contributed by atoms with Gasteiger partial charge in [0.05, 0.1) is 25.8 Å². The molecule has 3 aromatic rings. The molecule has 1 N–H and O–H groups in total. The Bertz CT molecular complexity index is 1230. The second kappa shape index (κ2) is 9.04. The minimum atomic E-state index is -1.05. The monoisotopic (exact) mass is 520 g/mol. The zero-order valence-corrected chi connectivity index (χ0v) is 22.1. The van der Waals surface area contributed by atoms with Crippen molar-refractivity contribution in [1.29, 1.82) is 0 Å². The van der Waals surface area contributed by atoms with E-state index in [2.05, 4.69) is 19.8 Å². The van der Waals surface area contributed by atoms with E-state index in [0.717, 1.165) is 49.4 Å². The normalized spacial score (nSPS) is 21.4. The molecule has 34 heavy (non-hydrogen) atoms. The van der Waals surface area contributed by atoms with Gasteiger partial charge in [0.15, 0.2) is 5.65 Å². The molecule has 1 saturated heterocycles. The molecule has 1 spiro atoms. The highest BCUT2D eigenvalue weighted by atomic mass is 35.5. The predicted octanol–water partition coefficient (Wildman–Crippen LogP) is 5.29. The van der Waals surface area contributed by atoms with Crippen LogP contribution < -0.4 is 9.62 Å². The van der Waals surface area contributed by atoms with Crippen LogP contribution in [0.1, 0.15) is 52.9 Å². The number of nitrogens with zero attached hydrogens (tertiary/aromatic N) is 5. The zero-order chi connectivity index (χ0) is 24.1. The van der Waals surface area contributed by atoms with Crippen LogP contribution in [0.5, 0.6) is 0 Å². The van der Waals surface area contributed by atoms with Crippen LogP contribution in [0, 0.1) is 5.41 Å². The summed E-state index contributed by atoms with van der Waals surface area (Å²) in [5, 5.41) is 9.50. The highest BCUT2D eigenvalue weighted by Crippen LogP contribution is 2.47. The highest BCUT2D eigenvalue weighted by Gasteiger charge is 2.46. The van der Waals surface area contributed by atoms with E-state index in [9.17, 15) is 4.21 Å². The van der Waals surface area contributed by atoms with Crippen LogP contribution in [0.4, 0.5) is 5.95 Å². The van der Waals surface area contributed by atoms with E-state index < -0.39 is 11.0 Å². The minimum Gasteiger partial charge on any atom is -0.342 e. The molecule has 2 aromatic heterocycles. The van der Waals surface area contributed by atoms with Gasteiger partial charge in [-0.05, 0) is 57.9 Å². The van der Waals surface area contributed by atoms with Crippen LogP contribution in [-0.2, 0) is 11.0 Å². The second-order valence-electron chi connectivity index (χ2n) is 10.4. The van der Waals surface area contributed by atoms with Gasteiger partial charge in [-0.3, -0.25) is 4.40 Å². The molecule has 1 aromatic carbocycles. The van der Waals surface area contributed by atoms with Crippen molar-refractivity contribution in [3.8, 4) is 11.1 Å². The third-order valence-electron chi connectivity index (χ3n) is 7.31. The van der Waals surface area contributed by atoms with E-state index in [1.807, 2.05) is 43.5 Å². The number of halogens is 2. The summed E-state index contributed by atoms with van der Waals surface area (Å²) in [6, 6.07) is 5.85. The average molecular weight is 522 g/mol. The summed E-state index contributed by atoms with van der Waals surface area (Å²) in [6.45, 7) is 7.85. The Kier molecular flexibility index (Phi) is 6.38.